The molecule has 16 heavy (non-hydrogen) atoms. The van der Waals surface area contributed by atoms with Gasteiger partial charge in [-0.15, -0.1) is 11.3 Å². The van der Waals surface area contributed by atoms with Crippen molar-refractivity contribution in [3.05, 3.63) is 29.6 Å². The lowest BCUT2D eigenvalue weighted by molar-refractivity contribution is 0.623. The first-order chi connectivity index (χ1) is 7.83. The summed E-state index contributed by atoms with van der Waals surface area (Å²) in [5.74, 6) is 0. The average molecular weight is 233 g/mol. The van der Waals surface area contributed by atoms with Gasteiger partial charge in [-0.3, -0.25) is 0 Å². The van der Waals surface area contributed by atoms with Crippen molar-refractivity contribution in [2.75, 3.05) is 5.32 Å². The van der Waals surface area contributed by atoms with E-state index in [1.807, 2.05) is 0 Å². The average Bonchev–Trinajstić information content (AvgIpc) is 2.75. The van der Waals surface area contributed by atoms with Crippen molar-refractivity contribution in [2.45, 2.75) is 39.2 Å². The Morgan fingerprint density at radius 3 is 2.88 bits per heavy atom. The molecule has 0 aliphatic rings. The van der Waals surface area contributed by atoms with E-state index < -0.39 is 0 Å². The molecule has 1 atom stereocenters. The van der Waals surface area contributed by atoms with Gasteiger partial charge in [-0.1, -0.05) is 20.3 Å². The Bertz CT molecular complexity index is 447. The smallest absolute Gasteiger partial charge is 0.0349 e. The van der Waals surface area contributed by atoms with Gasteiger partial charge < -0.3 is 5.32 Å². The van der Waals surface area contributed by atoms with Gasteiger partial charge in [0.15, 0.2) is 0 Å². The van der Waals surface area contributed by atoms with Crippen LogP contribution >= 0.6 is 11.3 Å². The van der Waals surface area contributed by atoms with Gasteiger partial charge in [-0.05, 0) is 47.9 Å². The Labute approximate surface area is 101 Å². The van der Waals surface area contributed by atoms with E-state index in [9.17, 15) is 0 Å². The summed E-state index contributed by atoms with van der Waals surface area (Å²) < 4.78 is 1.37. The fraction of sp³-hybridized carbons (Fsp3) is 0.429. The van der Waals surface area contributed by atoms with Crippen LogP contribution in [0.2, 0.25) is 0 Å². The van der Waals surface area contributed by atoms with Crippen molar-refractivity contribution >= 4 is 27.1 Å². The molecule has 0 bridgehead atoms. The van der Waals surface area contributed by atoms with Gasteiger partial charge in [-0.2, -0.15) is 0 Å². The molecule has 1 heterocycles. The number of benzene rings is 1. The number of rotatable bonds is 5. The van der Waals surface area contributed by atoms with Crippen LogP contribution in [0.15, 0.2) is 29.6 Å². The van der Waals surface area contributed by atoms with Gasteiger partial charge >= 0.3 is 0 Å². The molecule has 1 aromatic carbocycles. The molecule has 1 aromatic heterocycles. The molecule has 0 fully saturated rings. The molecular formula is C14H19NS. The van der Waals surface area contributed by atoms with E-state index >= 15 is 0 Å². The Hall–Kier alpha value is -1.02. The highest BCUT2D eigenvalue weighted by Crippen LogP contribution is 2.24. The number of nitrogens with one attached hydrogen (secondary N) is 1. The molecule has 0 aliphatic carbocycles. The lowest BCUT2D eigenvalue weighted by Crippen LogP contribution is -2.17. The summed E-state index contributed by atoms with van der Waals surface area (Å²) in [5.41, 5.74) is 1.26. The first-order valence-electron chi connectivity index (χ1n) is 6.07. The monoisotopic (exact) mass is 233 g/mol. The van der Waals surface area contributed by atoms with Crippen LogP contribution < -0.4 is 5.32 Å². The molecule has 1 unspecified atom stereocenters. The lowest BCUT2D eigenvalue weighted by atomic mass is 10.1. The second kappa shape index (κ2) is 5.35. The molecule has 2 heteroatoms. The minimum atomic E-state index is 0.612. The number of anilines is 1. The molecule has 1 N–H and O–H groups in total. The molecule has 0 spiro atoms. The Morgan fingerprint density at radius 2 is 2.12 bits per heavy atom. The first kappa shape index (κ1) is 11.5. The molecule has 0 aliphatic heterocycles. The van der Waals surface area contributed by atoms with Crippen molar-refractivity contribution in [2.24, 2.45) is 0 Å². The van der Waals surface area contributed by atoms with Crippen molar-refractivity contribution in [1.82, 2.24) is 0 Å². The Balaban J connectivity index is 2.13. The van der Waals surface area contributed by atoms with E-state index in [1.54, 1.807) is 11.3 Å². The number of hydrogen-bond acceptors (Lipinski definition) is 2. The van der Waals surface area contributed by atoms with Crippen LogP contribution in [0.25, 0.3) is 10.1 Å². The predicted molar refractivity (Wildman–Crippen MR) is 74.4 cm³/mol. The molecular weight excluding hydrogens is 214 g/mol. The van der Waals surface area contributed by atoms with E-state index in [0.29, 0.717) is 6.04 Å². The third kappa shape index (κ3) is 2.56. The SMILES string of the molecule is CCCC(CC)Nc1ccc2sccc2c1. The van der Waals surface area contributed by atoms with Crippen LogP contribution in [0.4, 0.5) is 5.69 Å². The maximum atomic E-state index is 3.62. The van der Waals surface area contributed by atoms with Gasteiger partial charge in [0.1, 0.15) is 0 Å². The third-order valence-electron chi connectivity index (χ3n) is 2.95. The zero-order valence-corrected chi connectivity index (χ0v) is 10.8. The maximum Gasteiger partial charge on any atom is 0.0349 e. The summed E-state index contributed by atoms with van der Waals surface area (Å²) >= 11 is 1.80. The number of thiophene rings is 1. The van der Waals surface area contributed by atoms with Crippen molar-refractivity contribution < 1.29 is 0 Å². The van der Waals surface area contributed by atoms with Gasteiger partial charge in [0.05, 0.1) is 0 Å². The third-order valence-corrected chi connectivity index (χ3v) is 3.85. The number of hydrogen-bond donors (Lipinski definition) is 1. The van der Waals surface area contributed by atoms with E-state index in [-0.39, 0.29) is 0 Å². The highest BCUT2D eigenvalue weighted by atomic mass is 32.1. The minimum absolute atomic E-state index is 0.612. The fourth-order valence-electron chi connectivity index (χ4n) is 2.02. The van der Waals surface area contributed by atoms with Crippen molar-refractivity contribution in [3.8, 4) is 0 Å². The second-order valence-corrected chi connectivity index (χ2v) is 5.16. The molecule has 86 valence electrons. The highest BCUT2D eigenvalue weighted by Gasteiger charge is 2.05. The van der Waals surface area contributed by atoms with Gasteiger partial charge in [-0.25, -0.2) is 0 Å². The highest BCUT2D eigenvalue weighted by molar-refractivity contribution is 7.17. The topological polar surface area (TPSA) is 12.0 Å². The van der Waals surface area contributed by atoms with Gasteiger partial charge in [0, 0.05) is 16.4 Å². The summed E-state index contributed by atoms with van der Waals surface area (Å²) in [7, 11) is 0. The molecule has 0 saturated heterocycles. The summed E-state index contributed by atoms with van der Waals surface area (Å²) in [6.45, 7) is 4.49. The van der Waals surface area contributed by atoms with Crippen LogP contribution in [-0.2, 0) is 0 Å². The predicted octanol–water partition coefficient (Wildman–Crippen LogP) is 4.89. The number of fused-ring (bicyclic) bond motifs is 1. The second-order valence-electron chi connectivity index (χ2n) is 4.21. The maximum absolute atomic E-state index is 3.62. The largest absolute Gasteiger partial charge is 0.382 e. The molecule has 0 radical (unpaired) electrons. The first-order valence-corrected chi connectivity index (χ1v) is 6.95. The standard InChI is InChI=1S/C14H19NS/c1-3-5-12(4-2)15-13-6-7-14-11(10-13)8-9-16-14/h6-10,12,15H,3-5H2,1-2H3. The summed E-state index contributed by atoms with van der Waals surface area (Å²) in [5, 5.41) is 7.12. The van der Waals surface area contributed by atoms with E-state index in [1.165, 1.54) is 35.0 Å². The fourth-order valence-corrected chi connectivity index (χ4v) is 2.79. The van der Waals surface area contributed by atoms with Crippen LogP contribution in [0.1, 0.15) is 33.1 Å². The zero-order valence-electron chi connectivity index (χ0n) is 9.99. The van der Waals surface area contributed by atoms with Gasteiger partial charge in [0.2, 0.25) is 0 Å². The minimum Gasteiger partial charge on any atom is -0.382 e. The van der Waals surface area contributed by atoms with Crippen LogP contribution in [0, 0.1) is 0 Å². The molecule has 2 rings (SSSR count). The van der Waals surface area contributed by atoms with Crippen LogP contribution in [-0.4, -0.2) is 6.04 Å². The van der Waals surface area contributed by atoms with Gasteiger partial charge in [0.25, 0.3) is 0 Å². The quantitative estimate of drug-likeness (QED) is 0.775. The van der Waals surface area contributed by atoms with Crippen LogP contribution in [0.5, 0.6) is 0 Å². The van der Waals surface area contributed by atoms with Crippen LogP contribution in [0.3, 0.4) is 0 Å². The normalized spacial score (nSPS) is 12.9. The van der Waals surface area contributed by atoms with E-state index in [2.05, 4.69) is 48.8 Å². The van der Waals surface area contributed by atoms with E-state index in [4.69, 9.17) is 0 Å². The summed E-state index contributed by atoms with van der Waals surface area (Å²) in [4.78, 5) is 0. The lowest BCUT2D eigenvalue weighted by Gasteiger charge is -2.17. The molecule has 2 aromatic rings. The zero-order chi connectivity index (χ0) is 11.4. The van der Waals surface area contributed by atoms with E-state index in [0.717, 1.165) is 0 Å². The van der Waals surface area contributed by atoms with Crippen molar-refractivity contribution in [1.29, 1.82) is 0 Å². The summed E-state index contributed by atoms with van der Waals surface area (Å²) in [6.07, 6.45) is 3.68. The Morgan fingerprint density at radius 1 is 1.25 bits per heavy atom. The molecule has 0 saturated carbocycles. The van der Waals surface area contributed by atoms with Crippen molar-refractivity contribution in [3.63, 3.8) is 0 Å². The summed E-state index contributed by atoms with van der Waals surface area (Å²) in [6, 6.07) is 9.45. The Kier molecular flexibility index (Phi) is 3.83. The molecule has 1 nitrogen and oxygen atoms in total. The molecule has 0 amide bonds.